The Kier molecular flexibility index (Phi) is 2.92. The van der Waals surface area contributed by atoms with E-state index < -0.39 is 0 Å². The molecular formula is C12H9ClN4O2. The van der Waals surface area contributed by atoms with Crippen molar-refractivity contribution in [3.63, 3.8) is 0 Å². The van der Waals surface area contributed by atoms with Crippen LogP contribution in [-0.4, -0.2) is 27.4 Å². The van der Waals surface area contributed by atoms with Gasteiger partial charge in [-0.25, -0.2) is 0 Å². The first-order valence-electron chi connectivity index (χ1n) is 5.45. The quantitative estimate of drug-likeness (QED) is 0.796. The minimum Gasteiger partial charge on any atom is -0.497 e. The molecule has 3 aromatic rings. The first kappa shape index (κ1) is 11.7. The van der Waals surface area contributed by atoms with Crippen LogP contribution in [0.5, 0.6) is 5.75 Å². The van der Waals surface area contributed by atoms with E-state index in [-0.39, 0.29) is 0 Å². The molecule has 1 aromatic carbocycles. The average Bonchev–Trinajstić information content (AvgIpc) is 3.07. The molecule has 7 heteroatoms. The van der Waals surface area contributed by atoms with Crippen LogP contribution in [0.15, 0.2) is 35.0 Å². The fourth-order valence-electron chi connectivity index (χ4n) is 1.60. The highest BCUT2D eigenvalue weighted by Gasteiger charge is 2.14. The van der Waals surface area contributed by atoms with Gasteiger partial charge in [0.2, 0.25) is 5.82 Å². The molecule has 19 heavy (non-hydrogen) atoms. The van der Waals surface area contributed by atoms with Gasteiger partial charge in [0.05, 0.1) is 18.3 Å². The Hall–Kier alpha value is -2.34. The average molecular weight is 277 g/mol. The van der Waals surface area contributed by atoms with E-state index in [1.165, 1.54) is 6.20 Å². The first-order valence-corrected chi connectivity index (χ1v) is 5.83. The molecule has 2 aromatic heterocycles. The molecule has 0 saturated heterocycles. The molecule has 0 atom stereocenters. The number of nitrogens with zero attached hydrogens (tertiary/aromatic N) is 3. The van der Waals surface area contributed by atoms with Gasteiger partial charge >= 0.3 is 0 Å². The third kappa shape index (κ3) is 2.17. The molecule has 0 bridgehead atoms. The number of rotatable bonds is 3. The van der Waals surface area contributed by atoms with Crippen LogP contribution < -0.4 is 4.74 Å². The Balaban J connectivity index is 1.94. The number of benzene rings is 1. The molecule has 6 nitrogen and oxygen atoms in total. The Bertz CT molecular complexity index is 690. The molecule has 3 rings (SSSR count). The summed E-state index contributed by atoms with van der Waals surface area (Å²) in [5, 5.41) is 10.8. The number of hydrogen-bond acceptors (Lipinski definition) is 5. The topological polar surface area (TPSA) is 76.8 Å². The molecule has 0 radical (unpaired) electrons. The third-order valence-electron chi connectivity index (χ3n) is 2.58. The Labute approximate surface area is 113 Å². The molecule has 2 heterocycles. The fourth-order valence-corrected chi connectivity index (χ4v) is 1.78. The van der Waals surface area contributed by atoms with E-state index in [2.05, 4.69) is 20.3 Å². The maximum Gasteiger partial charge on any atom is 0.277 e. The SMILES string of the molecule is COc1ccc(-c2noc(-c3[nH]ncc3Cl)n2)cc1. The summed E-state index contributed by atoms with van der Waals surface area (Å²) in [5.74, 6) is 1.54. The summed E-state index contributed by atoms with van der Waals surface area (Å²) in [5.41, 5.74) is 1.33. The maximum absolute atomic E-state index is 5.93. The summed E-state index contributed by atoms with van der Waals surface area (Å²) < 4.78 is 10.2. The third-order valence-corrected chi connectivity index (χ3v) is 2.87. The highest BCUT2D eigenvalue weighted by atomic mass is 35.5. The highest BCUT2D eigenvalue weighted by Crippen LogP contribution is 2.26. The van der Waals surface area contributed by atoms with E-state index in [9.17, 15) is 0 Å². The normalized spacial score (nSPS) is 10.6. The summed E-state index contributed by atoms with van der Waals surface area (Å²) in [7, 11) is 1.61. The number of ether oxygens (including phenoxy) is 1. The van der Waals surface area contributed by atoms with Crippen molar-refractivity contribution in [1.82, 2.24) is 20.3 Å². The summed E-state index contributed by atoms with van der Waals surface area (Å²) in [6, 6.07) is 7.35. The molecule has 0 fully saturated rings. The van der Waals surface area contributed by atoms with Gasteiger partial charge in [-0.2, -0.15) is 10.1 Å². The van der Waals surface area contributed by atoms with Gasteiger partial charge < -0.3 is 9.26 Å². The molecule has 0 amide bonds. The Morgan fingerprint density at radius 3 is 2.68 bits per heavy atom. The lowest BCUT2D eigenvalue weighted by Gasteiger charge is -1.98. The molecular weight excluding hydrogens is 268 g/mol. The standard InChI is InChI=1S/C12H9ClN4O2/c1-18-8-4-2-7(3-5-8)11-15-12(19-17-11)10-9(13)6-14-16-10/h2-6H,1H3,(H,14,16). The van der Waals surface area contributed by atoms with Crippen LogP contribution in [0.1, 0.15) is 0 Å². The molecule has 0 spiro atoms. The van der Waals surface area contributed by atoms with Crippen molar-refractivity contribution in [2.24, 2.45) is 0 Å². The van der Waals surface area contributed by atoms with Crippen LogP contribution in [0.4, 0.5) is 0 Å². The van der Waals surface area contributed by atoms with E-state index in [0.29, 0.717) is 22.4 Å². The number of aromatic nitrogens is 4. The van der Waals surface area contributed by atoms with Gasteiger partial charge in [0.25, 0.3) is 5.89 Å². The van der Waals surface area contributed by atoms with Crippen LogP contribution in [-0.2, 0) is 0 Å². The van der Waals surface area contributed by atoms with Crippen LogP contribution in [0.3, 0.4) is 0 Å². The van der Waals surface area contributed by atoms with E-state index in [0.717, 1.165) is 11.3 Å². The van der Waals surface area contributed by atoms with Gasteiger partial charge in [0.1, 0.15) is 11.4 Å². The zero-order chi connectivity index (χ0) is 13.2. The van der Waals surface area contributed by atoms with Crippen molar-refractivity contribution in [2.45, 2.75) is 0 Å². The summed E-state index contributed by atoms with van der Waals surface area (Å²) >= 11 is 5.93. The van der Waals surface area contributed by atoms with Crippen molar-refractivity contribution in [3.8, 4) is 28.7 Å². The predicted octanol–water partition coefficient (Wildman–Crippen LogP) is 2.79. The highest BCUT2D eigenvalue weighted by molar-refractivity contribution is 6.32. The predicted molar refractivity (Wildman–Crippen MR) is 68.9 cm³/mol. The molecule has 1 N–H and O–H groups in total. The second kappa shape index (κ2) is 4.74. The van der Waals surface area contributed by atoms with Crippen LogP contribution in [0.2, 0.25) is 5.02 Å². The second-order valence-electron chi connectivity index (χ2n) is 3.74. The Morgan fingerprint density at radius 2 is 2.05 bits per heavy atom. The lowest BCUT2D eigenvalue weighted by Crippen LogP contribution is -1.84. The Morgan fingerprint density at radius 1 is 1.26 bits per heavy atom. The summed E-state index contributed by atoms with van der Waals surface area (Å²) in [6.45, 7) is 0. The van der Waals surface area contributed by atoms with Crippen LogP contribution in [0.25, 0.3) is 23.0 Å². The zero-order valence-electron chi connectivity index (χ0n) is 9.92. The van der Waals surface area contributed by atoms with Crippen molar-refractivity contribution < 1.29 is 9.26 Å². The minimum atomic E-state index is 0.299. The molecule has 0 saturated carbocycles. The number of halogens is 1. The molecule has 0 aliphatic heterocycles. The van der Waals surface area contributed by atoms with E-state index in [4.69, 9.17) is 20.9 Å². The molecule has 0 aliphatic rings. The lowest BCUT2D eigenvalue weighted by molar-refractivity contribution is 0.414. The summed E-state index contributed by atoms with van der Waals surface area (Å²) in [4.78, 5) is 4.27. The summed E-state index contributed by atoms with van der Waals surface area (Å²) in [6.07, 6.45) is 1.48. The number of H-pyrrole nitrogens is 1. The largest absolute Gasteiger partial charge is 0.497 e. The monoisotopic (exact) mass is 276 g/mol. The molecule has 96 valence electrons. The fraction of sp³-hybridized carbons (Fsp3) is 0.0833. The van der Waals surface area contributed by atoms with Gasteiger partial charge in [-0.15, -0.1) is 0 Å². The van der Waals surface area contributed by atoms with Crippen molar-refractivity contribution >= 4 is 11.6 Å². The molecule has 0 unspecified atom stereocenters. The smallest absolute Gasteiger partial charge is 0.277 e. The van der Waals surface area contributed by atoms with Gasteiger partial charge in [-0.1, -0.05) is 16.8 Å². The van der Waals surface area contributed by atoms with Crippen molar-refractivity contribution in [2.75, 3.05) is 7.11 Å². The van der Waals surface area contributed by atoms with Crippen molar-refractivity contribution in [1.29, 1.82) is 0 Å². The van der Waals surface area contributed by atoms with E-state index >= 15 is 0 Å². The van der Waals surface area contributed by atoms with Gasteiger partial charge in [-0.3, -0.25) is 5.10 Å². The van der Waals surface area contributed by atoms with E-state index in [1.54, 1.807) is 7.11 Å². The van der Waals surface area contributed by atoms with E-state index in [1.807, 2.05) is 24.3 Å². The first-order chi connectivity index (χ1) is 9.28. The van der Waals surface area contributed by atoms with Gasteiger partial charge in [-0.05, 0) is 24.3 Å². The maximum atomic E-state index is 5.93. The zero-order valence-corrected chi connectivity index (χ0v) is 10.7. The molecule has 0 aliphatic carbocycles. The number of hydrogen-bond donors (Lipinski definition) is 1. The van der Waals surface area contributed by atoms with Crippen LogP contribution >= 0.6 is 11.6 Å². The number of nitrogens with one attached hydrogen (secondary N) is 1. The number of methoxy groups -OCH3 is 1. The lowest BCUT2D eigenvalue weighted by atomic mass is 10.2. The second-order valence-corrected chi connectivity index (χ2v) is 4.15. The van der Waals surface area contributed by atoms with Gasteiger partial charge in [0.15, 0.2) is 0 Å². The van der Waals surface area contributed by atoms with Gasteiger partial charge in [0, 0.05) is 5.56 Å². The number of aromatic amines is 1. The minimum absolute atomic E-state index is 0.299. The van der Waals surface area contributed by atoms with Crippen LogP contribution in [0, 0.1) is 0 Å². The van der Waals surface area contributed by atoms with Crippen molar-refractivity contribution in [3.05, 3.63) is 35.5 Å².